The molecule has 98 valence electrons. The van der Waals surface area contributed by atoms with Crippen LogP contribution < -0.4 is 0 Å². The Hall–Kier alpha value is -1.20. The molecule has 1 N–H and O–H groups in total. The molecule has 0 atom stereocenters. The maximum Gasteiger partial charge on any atom is 0.374 e. The Morgan fingerprint density at radius 3 is 2.35 bits per heavy atom. The van der Waals surface area contributed by atoms with E-state index in [9.17, 15) is 18.4 Å². The van der Waals surface area contributed by atoms with E-state index in [1.165, 1.54) is 0 Å². The molecule has 4 nitrogen and oxygen atoms in total. The first-order valence-corrected chi connectivity index (χ1v) is 5.72. The van der Waals surface area contributed by atoms with E-state index >= 15 is 0 Å². The lowest BCUT2D eigenvalue weighted by Gasteiger charge is -2.22. The van der Waals surface area contributed by atoms with E-state index in [0.717, 1.165) is 32.1 Å². The van der Waals surface area contributed by atoms with Gasteiger partial charge in [0, 0.05) is 6.42 Å². The molecule has 0 spiro atoms. The maximum atomic E-state index is 12.7. The van der Waals surface area contributed by atoms with Crippen molar-refractivity contribution in [2.45, 2.75) is 57.0 Å². The number of alkyl halides is 2. The summed E-state index contributed by atoms with van der Waals surface area (Å²) in [5.41, 5.74) is 0. The molecule has 17 heavy (non-hydrogen) atoms. The van der Waals surface area contributed by atoms with E-state index in [4.69, 9.17) is 9.84 Å². The van der Waals surface area contributed by atoms with Crippen LogP contribution in [0.25, 0.3) is 0 Å². The van der Waals surface area contributed by atoms with Crippen LogP contribution in [0.4, 0.5) is 8.78 Å². The van der Waals surface area contributed by atoms with Crippen molar-refractivity contribution >= 4 is 11.9 Å². The van der Waals surface area contributed by atoms with Gasteiger partial charge in [-0.1, -0.05) is 6.42 Å². The molecule has 1 fully saturated rings. The summed E-state index contributed by atoms with van der Waals surface area (Å²) in [6.07, 6.45) is 2.83. The topological polar surface area (TPSA) is 63.6 Å². The Bertz CT molecular complexity index is 285. The average molecular weight is 250 g/mol. The Balaban J connectivity index is 2.27. The van der Waals surface area contributed by atoms with E-state index in [2.05, 4.69) is 0 Å². The second-order valence-corrected chi connectivity index (χ2v) is 4.26. The third-order valence-electron chi connectivity index (χ3n) is 2.81. The highest BCUT2D eigenvalue weighted by Crippen LogP contribution is 2.23. The number of aliphatic carboxylic acids is 1. The van der Waals surface area contributed by atoms with Gasteiger partial charge in [-0.3, -0.25) is 4.79 Å². The second kappa shape index (κ2) is 5.93. The van der Waals surface area contributed by atoms with Gasteiger partial charge in [-0.15, -0.1) is 0 Å². The van der Waals surface area contributed by atoms with Gasteiger partial charge >= 0.3 is 17.9 Å². The molecule has 1 aliphatic carbocycles. The molecular formula is C11H16F2O4. The number of carboxylic acids is 1. The molecule has 0 aliphatic heterocycles. The lowest BCUT2D eigenvalue weighted by molar-refractivity contribution is -0.168. The summed E-state index contributed by atoms with van der Waals surface area (Å²) in [5.74, 6) is -6.80. The zero-order valence-corrected chi connectivity index (χ0v) is 9.45. The van der Waals surface area contributed by atoms with Crippen molar-refractivity contribution in [3.8, 4) is 0 Å². The fraction of sp³-hybridized carbons (Fsp3) is 0.818. The van der Waals surface area contributed by atoms with Gasteiger partial charge in [0.05, 0.1) is 6.42 Å². The molecule has 0 heterocycles. The van der Waals surface area contributed by atoms with Gasteiger partial charge in [-0.05, 0) is 25.7 Å². The highest BCUT2D eigenvalue weighted by atomic mass is 19.3. The second-order valence-electron chi connectivity index (χ2n) is 4.26. The van der Waals surface area contributed by atoms with Crippen LogP contribution in [-0.2, 0) is 14.3 Å². The fourth-order valence-electron chi connectivity index (χ4n) is 1.79. The number of carbonyl (C=O) groups is 2. The number of esters is 1. The standard InChI is InChI=1S/C11H16F2O4/c12-11(13,10(15)16)7-6-9(14)17-8-4-2-1-3-5-8/h8H,1-7H2,(H,15,16). The molecule has 1 saturated carbocycles. The third kappa shape index (κ3) is 4.66. The minimum atomic E-state index is -3.86. The smallest absolute Gasteiger partial charge is 0.374 e. The molecule has 0 saturated heterocycles. The van der Waals surface area contributed by atoms with E-state index in [1.54, 1.807) is 0 Å². The molecule has 0 unspecified atom stereocenters. The lowest BCUT2D eigenvalue weighted by atomic mass is 9.98. The molecule has 0 amide bonds. The number of ether oxygens (including phenoxy) is 1. The van der Waals surface area contributed by atoms with Crippen LogP contribution in [0, 0.1) is 0 Å². The Labute approximate surface area is 97.9 Å². The Morgan fingerprint density at radius 1 is 1.24 bits per heavy atom. The first kappa shape index (κ1) is 13.9. The van der Waals surface area contributed by atoms with Crippen LogP contribution in [0.1, 0.15) is 44.9 Å². The van der Waals surface area contributed by atoms with Gasteiger partial charge in [0.2, 0.25) is 0 Å². The number of carbonyl (C=O) groups excluding carboxylic acids is 1. The monoisotopic (exact) mass is 250 g/mol. The predicted octanol–water partition coefficient (Wildman–Crippen LogP) is 2.36. The van der Waals surface area contributed by atoms with Crippen LogP contribution in [0.3, 0.4) is 0 Å². The summed E-state index contributed by atoms with van der Waals surface area (Å²) in [6.45, 7) is 0. The van der Waals surface area contributed by atoms with Gasteiger partial charge in [-0.25, -0.2) is 4.79 Å². The highest BCUT2D eigenvalue weighted by Gasteiger charge is 2.39. The molecule has 1 aliphatic rings. The minimum absolute atomic E-state index is 0.185. The van der Waals surface area contributed by atoms with E-state index in [-0.39, 0.29) is 6.10 Å². The van der Waals surface area contributed by atoms with E-state index < -0.39 is 30.7 Å². The van der Waals surface area contributed by atoms with Crippen LogP contribution in [-0.4, -0.2) is 29.1 Å². The summed E-state index contributed by atoms with van der Waals surface area (Å²) in [7, 11) is 0. The SMILES string of the molecule is O=C(CCC(F)(F)C(=O)O)OC1CCCCC1. The first-order valence-electron chi connectivity index (χ1n) is 5.72. The zero-order valence-electron chi connectivity index (χ0n) is 9.45. The number of halogens is 2. The molecular weight excluding hydrogens is 234 g/mol. The zero-order chi connectivity index (χ0) is 12.9. The highest BCUT2D eigenvalue weighted by molar-refractivity contribution is 5.77. The largest absolute Gasteiger partial charge is 0.477 e. The summed E-state index contributed by atoms with van der Waals surface area (Å²) >= 11 is 0. The van der Waals surface area contributed by atoms with Crippen molar-refractivity contribution in [2.75, 3.05) is 0 Å². The summed E-state index contributed by atoms with van der Waals surface area (Å²) in [4.78, 5) is 21.4. The molecule has 6 heteroatoms. The van der Waals surface area contributed by atoms with Crippen molar-refractivity contribution in [2.24, 2.45) is 0 Å². The quantitative estimate of drug-likeness (QED) is 0.761. The van der Waals surface area contributed by atoms with Crippen LogP contribution in [0.15, 0.2) is 0 Å². The van der Waals surface area contributed by atoms with Crippen molar-refractivity contribution < 1.29 is 28.2 Å². The number of hydrogen-bond acceptors (Lipinski definition) is 3. The van der Waals surface area contributed by atoms with Crippen molar-refractivity contribution in [1.29, 1.82) is 0 Å². The normalized spacial score (nSPS) is 17.8. The number of rotatable bonds is 5. The molecule has 0 radical (unpaired) electrons. The van der Waals surface area contributed by atoms with Crippen molar-refractivity contribution in [1.82, 2.24) is 0 Å². The Morgan fingerprint density at radius 2 is 1.82 bits per heavy atom. The summed E-state index contributed by atoms with van der Waals surface area (Å²) in [5, 5.41) is 8.17. The van der Waals surface area contributed by atoms with Crippen LogP contribution in [0.2, 0.25) is 0 Å². The van der Waals surface area contributed by atoms with E-state index in [0.29, 0.717) is 0 Å². The summed E-state index contributed by atoms with van der Waals surface area (Å²) < 4.78 is 30.4. The van der Waals surface area contributed by atoms with E-state index in [1.807, 2.05) is 0 Å². The van der Waals surface area contributed by atoms with Gasteiger partial charge < -0.3 is 9.84 Å². The van der Waals surface area contributed by atoms with Crippen LogP contribution >= 0.6 is 0 Å². The minimum Gasteiger partial charge on any atom is -0.477 e. The van der Waals surface area contributed by atoms with Gasteiger partial charge in [0.25, 0.3) is 0 Å². The first-order chi connectivity index (χ1) is 7.92. The lowest BCUT2D eigenvalue weighted by Crippen LogP contribution is -2.30. The van der Waals surface area contributed by atoms with Crippen molar-refractivity contribution in [3.05, 3.63) is 0 Å². The number of carboxylic acid groups (broad SMARTS) is 1. The third-order valence-corrected chi connectivity index (χ3v) is 2.81. The van der Waals surface area contributed by atoms with Gasteiger partial charge in [0.1, 0.15) is 6.10 Å². The van der Waals surface area contributed by atoms with Gasteiger partial charge in [0.15, 0.2) is 0 Å². The van der Waals surface area contributed by atoms with Gasteiger partial charge in [-0.2, -0.15) is 8.78 Å². The molecule has 1 rings (SSSR count). The van der Waals surface area contributed by atoms with Crippen LogP contribution in [0.5, 0.6) is 0 Å². The molecule has 0 aromatic heterocycles. The molecule has 0 aromatic rings. The Kier molecular flexibility index (Phi) is 4.84. The molecule has 0 bridgehead atoms. The molecule has 0 aromatic carbocycles. The average Bonchev–Trinajstić information content (AvgIpc) is 2.28. The summed E-state index contributed by atoms with van der Waals surface area (Å²) in [6, 6.07) is 0. The maximum absolute atomic E-state index is 12.7. The number of hydrogen-bond donors (Lipinski definition) is 1. The predicted molar refractivity (Wildman–Crippen MR) is 54.8 cm³/mol. The van der Waals surface area contributed by atoms with Crippen molar-refractivity contribution in [3.63, 3.8) is 0 Å². The fourth-order valence-corrected chi connectivity index (χ4v) is 1.79.